The molecule has 0 saturated carbocycles. The molecule has 2 aromatic rings. The minimum absolute atomic E-state index is 0.159. The molecule has 0 aromatic heterocycles. The Balaban J connectivity index is 1.35. The van der Waals surface area contributed by atoms with Gasteiger partial charge in [0.15, 0.2) is 11.5 Å². The van der Waals surface area contributed by atoms with Gasteiger partial charge in [0.25, 0.3) is 0 Å². The van der Waals surface area contributed by atoms with E-state index in [1.165, 1.54) is 31.0 Å². The van der Waals surface area contributed by atoms with Gasteiger partial charge >= 0.3 is 0 Å². The molecule has 134 valence electrons. The predicted molar refractivity (Wildman–Crippen MR) is 103 cm³/mol. The van der Waals surface area contributed by atoms with Crippen LogP contribution in [-0.4, -0.2) is 25.8 Å². The molecule has 0 bridgehead atoms. The van der Waals surface area contributed by atoms with Crippen LogP contribution in [0.1, 0.15) is 24.8 Å². The molecule has 0 atom stereocenters. The maximum absolute atomic E-state index is 12.1. The van der Waals surface area contributed by atoms with Crippen molar-refractivity contribution in [3.63, 3.8) is 0 Å². The van der Waals surface area contributed by atoms with Gasteiger partial charge in [0, 0.05) is 30.5 Å². The lowest BCUT2D eigenvalue weighted by Gasteiger charge is -2.28. The van der Waals surface area contributed by atoms with E-state index in [9.17, 15) is 4.79 Å². The van der Waals surface area contributed by atoms with Crippen molar-refractivity contribution in [2.24, 2.45) is 0 Å². The lowest BCUT2D eigenvalue weighted by atomic mass is 10.1. The van der Waals surface area contributed by atoms with Crippen LogP contribution in [0.2, 0.25) is 0 Å². The summed E-state index contributed by atoms with van der Waals surface area (Å²) in [7, 11) is 0. The van der Waals surface area contributed by atoms with Gasteiger partial charge in [-0.25, -0.2) is 0 Å². The van der Waals surface area contributed by atoms with Crippen LogP contribution in [0.25, 0.3) is 6.08 Å². The fraction of sp³-hybridized carbons (Fsp3) is 0.286. The second-order valence-electron chi connectivity index (χ2n) is 6.53. The average Bonchev–Trinajstić information content (AvgIpc) is 3.15. The summed E-state index contributed by atoms with van der Waals surface area (Å²) in [5.41, 5.74) is 2.91. The summed E-state index contributed by atoms with van der Waals surface area (Å²) in [5.74, 6) is 1.29. The number of hydrogen-bond donors (Lipinski definition) is 1. The topological polar surface area (TPSA) is 50.8 Å². The number of fused-ring (bicyclic) bond motifs is 1. The standard InChI is InChI=1S/C21H22N2O3/c24-21(11-5-16-4-10-19-20(14-16)26-15-25-19)22-17-6-8-18(9-7-17)23-12-2-1-3-13-23/h4-11,14H,1-3,12-13,15H2,(H,22,24)/b11-5+. The van der Waals surface area contributed by atoms with Crippen LogP contribution < -0.4 is 19.7 Å². The molecule has 1 saturated heterocycles. The maximum atomic E-state index is 12.1. The van der Waals surface area contributed by atoms with E-state index in [1.807, 2.05) is 30.3 Å². The third-order valence-corrected chi connectivity index (χ3v) is 4.68. The van der Waals surface area contributed by atoms with Crippen molar-refractivity contribution in [3.8, 4) is 11.5 Å². The lowest BCUT2D eigenvalue weighted by Crippen LogP contribution is -2.29. The number of ether oxygens (including phenoxy) is 2. The average molecular weight is 350 g/mol. The van der Waals surface area contributed by atoms with E-state index in [4.69, 9.17) is 9.47 Å². The molecule has 2 heterocycles. The second kappa shape index (κ2) is 7.52. The largest absolute Gasteiger partial charge is 0.454 e. The number of piperidine rings is 1. The Labute approximate surface area is 153 Å². The van der Waals surface area contributed by atoms with Crippen LogP contribution in [0.5, 0.6) is 11.5 Å². The van der Waals surface area contributed by atoms with Gasteiger partial charge in [-0.05, 0) is 67.3 Å². The van der Waals surface area contributed by atoms with Crippen LogP contribution >= 0.6 is 0 Å². The normalized spacial score (nSPS) is 16.1. The highest BCUT2D eigenvalue weighted by molar-refractivity contribution is 6.02. The molecule has 1 amide bonds. The summed E-state index contributed by atoms with van der Waals surface area (Å²) >= 11 is 0. The zero-order valence-corrected chi connectivity index (χ0v) is 14.6. The minimum Gasteiger partial charge on any atom is -0.454 e. The number of nitrogens with one attached hydrogen (secondary N) is 1. The number of anilines is 2. The highest BCUT2D eigenvalue weighted by Crippen LogP contribution is 2.32. The molecule has 26 heavy (non-hydrogen) atoms. The Morgan fingerprint density at radius 2 is 1.73 bits per heavy atom. The molecule has 0 spiro atoms. The number of benzene rings is 2. The Hall–Kier alpha value is -2.95. The monoisotopic (exact) mass is 350 g/mol. The summed E-state index contributed by atoms with van der Waals surface area (Å²) in [5, 5.41) is 2.89. The van der Waals surface area contributed by atoms with Gasteiger partial charge in [-0.3, -0.25) is 4.79 Å². The number of carbonyl (C=O) groups excluding carboxylic acids is 1. The van der Waals surface area contributed by atoms with Gasteiger partial charge in [0.2, 0.25) is 12.7 Å². The Morgan fingerprint density at radius 3 is 2.54 bits per heavy atom. The molecule has 1 N–H and O–H groups in total. The lowest BCUT2D eigenvalue weighted by molar-refractivity contribution is -0.111. The molecular weight excluding hydrogens is 328 g/mol. The number of carbonyl (C=O) groups is 1. The van der Waals surface area contributed by atoms with Crippen LogP contribution in [0, 0.1) is 0 Å². The third kappa shape index (κ3) is 3.82. The van der Waals surface area contributed by atoms with E-state index in [1.54, 1.807) is 6.08 Å². The molecule has 0 radical (unpaired) electrons. The van der Waals surface area contributed by atoms with Crippen LogP contribution in [0.3, 0.4) is 0 Å². The Kier molecular flexibility index (Phi) is 4.78. The quantitative estimate of drug-likeness (QED) is 0.845. The first-order valence-corrected chi connectivity index (χ1v) is 9.02. The van der Waals surface area contributed by atoms with Gasteiger partial charge in [-0.15, -0.1) is 0 Å². The summed E-state index contributed by atoms with van der Waals surface area (Å²) in [6.45, 7) is 2.48. The first kappa shape index (κ1) is 16.5. The van der Waals surface area contributed by atoms with Crippen molar-refractivity contribution < 1.29 is 14.3 Å². The van der Waals surface area contributed by atoms with Gasteiger partial charge < -0.3 is 19.7 Å². The molecule has 5 nitrogen and oxygen atoms in total. The van der Waals surface area contributed by atoms with Crippen LogP contribution in [0.4, 0.5) is 11.4 Å². The molecule has 0 aliphatic carbocycles. The minimum atomic E-state index is -0.159. The van der Waals surface area contributed by atoms with E-state index >= 15 is 0 Å². The summed E-state index contributed by atoms with van der Waals surface area (Å²) in [4.78, 5) is 14.5. The molecule has 5 heteroatoms. The highest BCUT2D eigenvalue weighted by atomic mass is 16.7. The number of hydrogen-bond acceptors (Lipinski definition) is 4. The number of nitrogens with zero attached hydrogens (tertiary/aromatic N) is 1. The number of amides is 1. The highest BCUT2D eigenvalue weighted by Gasteiger charge is 2.12. The molecule has 0 unspecified atom stereocenters. The van der Waals surface area contributed by atoms with Gasteiger partial charge in [0.05, 0.1) is 0 Å². The van der Waals surface area contributed by atoms with Crippen LogP contribution in [0.15, 0.2) is 48.5 Å². The van der Waals surface area contributed by atoms with Crippen molar-refractivity contribution >= 4 is 23.4 Å². The molecule has 2 aliphatic heterocycles. The summed E-state index contributed by atoms with van der Waals surface area (Å²) < 4.78 is 10.6. The Morgan fingerprint density at radius 1 is 0.962 bits per heavy atom. The predicted octanol–water partition coefficient (Wildman–Crippen LogP) is 4.06. The summed E-state index contributed by atoms with van der Waals surface area (Å²) in [6.07, 6.45) is 7.11. The van der Waals surface area contributed by atoms with Crippen molar-refractivity contribution in [3.05, 3.63) is 54.1 Å². The van der Waals surface area contributed by atoms with Crippen LogP contribution in [-0.2, 0) is 4.79 Å². The van der Waals surface area contributed by atoms with Crippen molar-refractivity contribution in [2.75, 3.05) is 30.1 Å². The first-order chi connectivity index (χ1) is 12.8. The Bertz CT molecular complexity index is 809. The van der Waals surface area contributed by atoms with E-state index in [0.717, 1.165) is 30.1 Å². The maximum Gasteiger partial charge on any atom is 0.248 e. The van der Waals surface area contributed by atoms with Gasteiger partial charge in [-0.1, -0.05) is 6.07 Å². The fourth-order valence-electron chi connectivity index (χ4n) is 3.28. The molecule has 2 aromatic carbocycles. The van der Waals surface area contributed by atoms with Gasteiger partial charge in [-0.2, -0.15) is 0 Å². The first-order valence-electron chi connectivity index (χ1n) is 9.02. The molecule has 2 aliphatic rings. The summed E-state index contributed by atoms with van der Waals surface area (Å²) in [6, 6.07) is 13.7. The smallest absolute Gasteiger partial charge is 0.248 e. The molecular formula is C21H22N2O3. The third-order valence-electron chi connectivity index (χ3n) is 4.68. The number of rotatable bonds is 4. The van der Waals surface area contributed by atoms with Crippen molar-refractivity contribution in [1.82, 2.24) is 0 Å². The van der Waals surface area contributed by atoms with Crippen molar-refractivity contribution in [1.29, 1.82) is 0 Å². The van der Waals surface area contributed by atoms with E-state index < -0.39 is 0 Å². The zero-order valence-electron chi connectivity index (χ0n) is 14.6. The van der Waals surface area contributed by atoms with E-state index in [-0.39, 0.29) is 12.7 Å². The zero-order chi connectivity index (χ0) is 17.8. The van der Waals surface area contributed by atoms with Crippen molar-refractivity contribution in [2.45, 2.75) is 19.3 Å². The molecule has 4 rings (SSSR count). The second-order valence-corrected chi connectivity index (χ2v) is 6.53. The van der Waals surface area contributed by atoms with E-state index in [0.29, 0.717) is 5.75 Å². The van der Waals surface area contributed by atoms with E-state index in [2.05, 4.69) is 22.3 Å². The molecule has 1 fully saturated rings. The van der Waals surface area contributed by atoms with Gasteiger partial charge in [0.1, 0.15) is 0 Å². The fourth-order valence-corrected chi connectivity index (χ4v) is 3.28. The SMILES string of the molecule is O=C(/C=C/c1ccc2c(c1)OCO2)Nc1ccc(N2CCCCC2)cc1.